The summed E-state index contributed by atoms with van der Waals surface area (Å²) in [5, 5.41) is 0.178. The molecule has 1 heterocycles. The highest BCUT2D eigenvalue weighted by Crippen LogP contribution is 2.38. The molecule has 0 radical (unpaired) electrons. The quantitative estimate of drug-likeness (QED) is 0.793. The van der Waals surface area contributed by atoms with E-state index in [0.717, 1.165) is 0 Å². The molecule has 3 nitrogen and oxygen atoms in total. The third-order valence-corrected chi connectivity index (χ3v) is 11.2. The van der Waals surface area contributed by atoms with Crippen molar-refractivity contribution in [2.24, 2.45) is 4.03 Å². The average molecular weight is 288 g/mol. The summed E-state index contributed by atoms with van der Waals surface area (Å²) in [6, 6.07) is 4.03. The molecule has 0 aliphatic rings. The topological polar surface area (TPSA) is 42.3 Å². The summed E-state index contributed by atoms with van der Waals surface area (Å²) < 4.78 is 30.3. The van der Waals surface area contributed by atoms with Crippen molar-refractivity contribution >= 4 is 18.0 Å². The Kier molecular flexibility index (Phi) is 4.33. The molecule has 0 fully saturated rings. The van der Waals surface area contributed by atoms with E-state index in [9.17, 15) is 8.60 Å². The second-order valence-corrected chi connectivity index (χ2v) is 13.1. The lowest BCUT2D eigenvalue weighted by Gasteiger charge is -2.32. The highest BCUT2D eigenvalue weighted by molar-refractivity contribution is 7.94. The number of pyridine rings is 1. The van der Waals surface area contributed by atoms with Gasteiger partial charge in [-0.15, -0.1) is 0 Å². The minimum atomic E-state index is -3.04. The maximum atomic E-state index is 13.3. The summed E-state index contributed by atoms with van der Waals surface area (Å²) in [4.78, 5) is 4.00. The number of alkyl halides is 1. The molecule has 0 saturated heterocycles. The first-order valence-corrected chi connectivity index (χ1v) is 10.5. The van der Waals surface area contributed by atoms with E-state index in [1.807, 2.05) is 13.1 Å². The van der Waals surface area contributed by atoms with E-state index >= 15 is 0 Å². The predicted molar refractivity (Wildman–Crippen MR) is 76.2 cm³/mol. The zero-order chi connectivity index (χ0) is 14.0. The fraction of sp³-hybridized carbons (Fsp3) is 0.583. The molecular weight excluding hydrogens is 267 g/mol. The molecule has 0 N–H and O–H groups in total. The van der Waals surface area contributed by atoms with Gasteiger partial charge in [-0.2, -0.15) is 0 Å². The molecule has 1 unspecified atom stereocenters. The highest BCUT2D eigenvalue weighted by Gasteiger charge is 2.38. The predicted octanol–water partition coefficient (Wildman–Crippen LogP) is 3.84. The molecule has 0 saturated carbocycles. The fourth-order valence-electron chi connectivity index (χ4n) is 1.17. The van der Waals surface area contributed by atoms with Crippen LogP contribution in [0.3, 0.4) is 0 Å². The Morgan fingerprint density at radius 3 is 2.39 bits per heavy atom. The number of rotatable bonds is 3. The molecule has 0 aromatic carbocycles. The first kappa shape index (κ1) is 15.3. The summed E-state index contributed by atoms with van der Waals surface area (Å²) >= 11 is 0. The summed E-state index contributed by atoms with van der Waals surface area (Å²) in [6.45, 7) is 10.2. The van der Waals surface area contributed by atoms with Gasteiger partial charge in [0, 0.05) is 6.20 Å². The van der Waals surface area contributed by atoms with Gasteiger partial charge in [-0.3, -0.25) is 4.03 Å². The van der Waals surface area contributed by atoms with Gasteiger partial charge in [-0.05, 0) is 30.3 Å². The lowest BCUT2D eigenvalue weighted by Crippen LogP contribution is -2.36. The molecule has 0 spiro atoms. The van der Waals surface area contributed by atoms with Crippen LogP contribution in [0.25, 0.3) is 0 Å². The third kappa shape index (κ3) is 3.17. The second kappa shape index (κ2) is 5.09. The van der Waals surface area contributed by atoms with Crippen molar-refractivity contribution in [1.82, 2.24) is 4.98 Å². The number of hydrogen-bond acceptors (Lipinski definition) is 3. The number of hydrogen-bond donors (Lipinski definition) is 0. The summed E-state index contributed by atoms with van der Waals surface area (Å²) in [6.07, 6.45) is 1.52. The largest absolute Gasteiger partial charge is 0.270 e. The smallest absolute Gasteiger partial charge is 0.193 e. The minimum absolute atomic E-state index is 0.0698. The maximum Gasteiger partial charge on any atom is 0.193 e. The zero-order valence-corrected chi connectivity index (χ0v) is 13.4. The number of nitrogens with zero attached hydrogens (tertiary/aromatic N) is 2. The van der Waals surface area contributed by atoms with Crippen molar-refractivity contribution in [3.8, 4) is 0 Å². The van der Waals surface area contributed by atoms with E-state index in [0.29, 0.717) is 0 Å². The lowest BCUT2D eigenvalue weighted by molar-refractivity contribution is 0.574. The monoisotopic (exact) mass is 288 g/mol. The molecule has 0 bridgehead atoms. The number of aromatic nitrogens is 1. The molecule has 0 aliphatic heterocycles. The third-order valence-electron chi connectivity index (χ3n) is 3.32. The van der Waals surface area contributed by atoms with Crippen LogP contribution in [0.4, 0.5) is 4.39 Å². The standard InChI is InChI=1S/C12H21FN2OSSi/c1-12(2,3)18(4,5)15-17(16,10-13)11-8-6-7-9-14-11/h6-9H,10H2,1-5H3. The highest BCUT2D eigenvalue weighted by atomic mass is 32.2. The Bertz CT molecular complexity index is 517. The Morgan fingerprint density at radius 2 is 2.00 bits per heavy atom. The van der Waals surface area contributed by atoms with E-state index in [1.165, 1.54) is 6.20 Å². The van der Waals surface area contributed by atoms with Crippen LogP contribution in [0.2, 0.25) is 18.1 Å². The van der Waals surface area contributed by atoms with Crippen LogP contribution in [0.15, 0.2) is 33.5 Å². The van der Waals surface area contributed by atoms with Crippen molar-refractivity contribution in [1.29, 1.82) is 0 Å². The Morgan fingerprint density at radius 1 is 1.39 bits per heavy atom. The first-order chi connectivity index (χ1) is 8.12. The van der Waals surface area contributed by atoms with Gasteiger partial charge in [0.2, 0.25) is 0 Å². The van der Waals surface area contributed by atoms with Crippen LogP contribution in [-0.2, 0) is 9.73 Å². The van der Waals surface area contributed by atoms with E-state index in [4.69, 9.17) is 0 Å². The zero-order valence-electron chi connectivity index (χ0n) is 11.6. The van der Waals surface area contributed by atoms with Gasteiger partial charge >= 0.3 is 0 Å². The van der Waals surface area contributed by atoms with Gasteiger partial charge in [0.1, 0.15) is 14.8 Å². The molecular formula is C12H21FN2OSSi. The van der Waals surface area contributed by atoms with E-state index in [-0.39, 0.29) is 10.1 Å². The SMILES string of the molecule is CC(C)(C)[Si](C)(C)N=S(=O)(CF)c1ccccn1. The first-order valence-electron chi connectivity index (χ1n) is 5.85. The Hall–Kier alpha value is -0.753. The van der Waals surface area contributed by atoms with Gasteiger partial charge in [-0.25, -0.2) is 13.6 Å². The molecule has 1 aromatic rings. The van der Waals surface area contributed by atoms with Crippen LogP contribution >= 0.6 is 0 Å². The van der Waals surface area contributed by atoms with Crippen LogP contribution < -0.4 is 0 Å². The molecule has 0 aliphatic carbocycles. The van der Waals surface area contributed by atoms with Crippen molar-refractivity contribution in [2.45, 2.75) is 43.9 Å². The van der Waals surface area contributed by atoms with E-state index < -0.39 is 24.0 Å². The number of halogens is 1. The van der Waals surface area contributed by atoms with Gasteiger partial charge in [-0.1, -0.05) is 26.8 Å². The van der Waals surface area contributed by atoms with Gasteiger partial charge in [0.25, 0.3) is 0 Å². The van der Waals surface area contributed by atoms with Crippen LogP contribution in [0, 0.1) is 0 Å². The van der Waals surface area contributed by atoms with Crippen molar-refractivity contribution in [3.05, 3.63) is 24.4 Å². The summed E-state index contributed by atoms with van der Waals surface area (Å²) in [5.41, 5.74) is 0. The van der Waals surface area contributed by atoms with Crippen LogP contribution in [0.1, 0.15) is 20.8 Å². The van der Waals surface area contributed by atoms with E-state index in [2.05, 4.69) is 29.8 Å². The van der Waals surface area contributed by atoms with E-state index in [1.54, 1.807) is 18.2 Å². The van der Waals surface area contributed by atoms with Gasteiger partial charge < -0.3 is 0 Å². The van der Waals surface area contributed by atoms with Crippen molar-refractivity contribution in [2.75, 3.05) is 6.01 Å². The van der Waals surface area contributed by atoms with Gasteiger partial charge in [0.15, 0.2) is 14.2 Å². The van der Waals surface area contributed by atoms with Crippen molar-refractivity contribution < 1.29 is 8.60 Å². The van der Waals surface area contributed by atoms with Gasteiger partial charge in [0.05, 0.1) is 0 Å². The van der Waals surface area contributed by atoms with Crippen LogP contribution in [-0.4, -0.2) is 23.4 Å². The maximum absolute atomic E-state index is 13.3. The molecule has 18 heavy (non-hydrogen) atoms. The van der Waals surface area contributed by atoms with Crippen LogP contribution in [0.5, 0.6) is 0 Å². The fourth-order valence-corrected chi connectivity index (χ4v) is 6.41. The molecule has 1 aromatic heterocycles. The minimum Gasteiger partial charge on any atom is -0.270 e. The molecule has 102 valence electrons. The molecule has 6 heteroatoms. The summed E-state index contributed by atoms with van der Waals surface area (Å²) in [5.74, 6) is 0. The van der Waals surface area contributed by atoms with Crippen molar-refractivity contribution in [3.63, 3.8) is 0 Å². The second-order valence-electron chi connectivity index (χ2n) is 5.82. The molecule has 1 atom stereocenters. The normalized spacial score (nSPS) is 16.1. The molecule has 1 rings (SSSR count). The lowest BCUT2D eigenvalue weighted by atomic mass is 10.2. The average Bonchev–Trinajstić information content (AvgIpc) is 2.28. The molecule has 0 amide bonds. The Balaban J connectivity index is 3.39. The Labute approximate surface area is 110 Å². The summed E-state index contributed by atoms with van der Waals surface area (Å²) in [7, 11) is -5.21.